The predicted molar refractivity (Wildman–Crippen MR) is 78.5 cm³/mol. The first-order valence-electron chi connectivity index (χ1n) is 7.50. The lowest BCUT2D eigenvalue weighted by atomic mass is 10.0. The number of anilines is 1. The fourth-order valence-corrected chi connectivity index (χ4v) is 3.23. The van der Waals surface area contributed by atoms with Gasteiger partial charge in [0, 0.05) is 17.9 Å². The minimum absolute atomic E-state index is 0.239. The lowest BCUT2D eigenvalue weighted by molar-refractivity contribution is 0.0725. The van der Waals surface area contributed by atoms with Gasteiger partial charge in [0.15, 0.2) is 5.82 Å². The number of nitrogens with two attached hydrogens (primary N) is 1. The van der Waals surface area contributed by atoms with Gasteiger partial charge in [0.25, 0.3) is 0 Å². The van der Waals surface area contributed by atoms with Gasteiger partial charge in [0.1, 0.15) is 0 Å². The van der Waals surface area contributed by atoms with Crippen molar-refractivity contribution in [3.05, 3.63) is 23.8 Å². The van der Waals surface area contributed by atoms with Gasteiger partial charge in [-0.1, -0.05) is 12.1 Å². The van der Waals surface area contributed by atoms with Crippen LogP contribution in [0.3, 0.4) is 0 Å². The molecule has 2 fully saturated rings. The summed E-state index contributed by atoms with van der Waals surface area (Å²) in [6.45, 7) is 2.80. The highest BCUT2D eigenvalue weighted by Crippen LogP contribution is 2.44. The van der Waals surface area contributed by atoms with E-state index < -0.39 is 0 Å². The zero-order valence-corrected chi connectivity index (χ0v) is 12.1. The van der Waals surface area contributed by atoms with Crippen LogP contribution in [0.25, 0.3) is 11.4 Å². The van der Waals surface area contributed by atoms with Crippen LogP contribution in [0, 0.1) is 12.8 Å². The summed E-state index contributed by atoms with van der Waals surface area (Å²) in [7, 11) is 0. The van der Waals surface area contributed by atoms with Crippen LogP contribution < -0.4 is 5.73 Å². The maximum absolute atomic E-state index is 6.01. The molecule has 6 nitrogen and oxygen atoms in total. The molecular formula is C15H19N5O. The van der Waals surface area contributed by atoms with Crippen molar-refractivity contribution in [1.29, 1.82) is 0 Å². The summed E-state index contributed by atoms with van der Waals surface area (Å²) < 4.78 is 7.86. The highest BCUT2D eigenvalue weighted by molar-refractivity contribution is 5.67. The second kappa shape index (κ2) is 4.80. The molecule has 1 saturated heterocycles. The Hall–Kier alpha value is -1.95. The van der Waals surface area contributed by atoms with Crippen LogP contribution in [0.5, 0.6) is 0 Å². The fourth-order valence-electron chi connectivity index (χ4n) is 3.23. The third kappa shape index (κ3) is 2.10. The second-order valence-electron chi connectivity index (χ2n) is 6.00. The van der Waals surface area contributed by atoms with E-state index in [4.69, 9.17) is 10.5 Å². The maximum atomic E-state index is 6.01. The van der Waals surface area contributed by atoms with Crippen molar-refractivity contribution in [3.63, 3.8) is 0 Å². The van der Waals surface area contributed by atoms with E-state index in [0.717, 1.165) is 35.7 Å². The van der Waals surface area contributed by atoms with Gasteiger partial charge < -0.3 is 10.5 Å². The van der Waals surface area contributed by atoms with Gasteiger partial charge in [-0.15, -0.1) is 5.10 Å². The molecule has 2 atom stereocenters. The molecule has 1 aliphatic carbocycles. The third-order valence-corrected chi connectivity index (χ3v) is 4.61. The van der Waals surface area contributed by atoms with E-state index in [1.54, 1.807) is 0 Å². The van der Waals surface area contributed by atoms with Crippen molar-refractivity contribution in [2.75, 3.05) is 12.3 Å². The number of ether oxygens (including phenoxy) is 1. The minimum Gasteiger partial charge on any atom is -0.398 e. The topological polar surface area (TPSA) is 78.9 Å². The SMILES string of the molecule is Cc1c(N)cccc1-c1nnnn1C1CCOC1C1CC1. The van der Waals surface area contributed by atoms with Crippen LogP contribution in [0.2, 0.25) is 0 Å². The van der Waals surface area contributed by atoms with Gasteiger partial charge in [0.05, 0.1) is 12.1 Å². The first kappa shape index (κ1) is 12.8. The Kier molecular flexibility index (Phi) is 2.92. The van der Waals surface area contributed by atoms with E-state index >= 15 is 0 Å². The molecule has 21 heavy (non-hydrogen) atoms. The molecule has 4 rings (SSSR count). The van der Waals surface area contributed by atoms with Crippen molar-refractivity contribution >= 4 is 5.69 Å². The third-order valence-electron chi connectivity index (χ3n) is 4.61. The molecule has 1 aromatic heterocycles. The molecule has 2 aliphatic rings. The smallest absolute Gasteiger partial charge is 0.182 e. The summed E-state index contributed by atoms with van der Waals surface area (Å²) in [6, 6.07) is 6.11. The van der Waals surface area contributed by atoms with Gasteiger partial charge in [-0.05, 0) is 54.2 Å². The largest absolute Gasteiger partial charge is 0.398 e. The lowest BCUT2D eigenvalue weighted by Gasteiger charge is -2.19. The zero-order chi connectivity index (χ0) is 14.4. The van der Waals surface area contributed by atoms with Gasteiger partial charge >= 0.3 is 0 Å². The molecule has 1 aliphatic heterocycles. The quantitative estimate of drug-likeness (QED) is 0.872. The molecular weight excluding hydrogens is 266 g/mol. The van der Waals surface area contributed by atoms with Crippen LogP contribution in [0.4, 0.5) is 5.69 Å². The first-order chi connectivity index (χ1) is 10.3. The molecule has 2 aromatic rings. The molecule has 1 aromatic carbocycles. The van der Waals surface area contributed by atoms with Gasteiger partial charge in [-0.25, -0.2) is 4.68 Å². The Morgan fingerprint density at radius 1 is 1.29 bits per heavy atom. The van der Waals surface area contributed by atoms with Crippen molar-refractivity contribution in [2.45, 2.75) is 38.3 Å². The first-order valence-corrected chi connectivity index (χ1v) is 7.50. The van der Waals surface area contributed by atoms with Crippen LogP contribution >= 0.6 is 0 Å². The average Bonchev–Trinajstić information content (AvgIpc) is 3.02. The van der Waals surface area contributed by atoms with E-state index in [9.17, 15) is 0 Å². The van der Waals surface area contributed by atoms with Crippen molar-refractivity contribution in [1.82, 2.24) is 20.2 Å². The van der Waals surface area contributed by atoms with Crippen LogP contribution in [0.1, 0.15) is 30.9 Å². The Balaban J connectivity index is 1.75. The van der Waals surface area contributed by atoms with Crippen molar-refractivity contribution < 1.29 is 4.74 Å². The number of aromatic nitrogens is 4. The Bertz CT molecular complexity index is 664. The molecule has 6 heteroatoms. The second-order valence-corrected chi connectivity index (χ2v) is 6.00. The van der Waals surface area contributed by atoms with E-state index in [0.29, 0.717) is 5.92 Å². The number of nitrogen functional groups attached to an aromatic ring is 1. The Morgan fingerprint density at radius 2 is 2.14 bits per heavy atom. The van der Waals surface area contributed by atoms with Gasteiger partial charge in [-0.2, -0.15) is 0 Å². The summed E-state index contributed by atoms with van der Waals surface area (Å²) in [5, 5.41) is 12.4. The minimum atomic E-state index is 0.239. The monoisotopic (exact) mass is 285 g/mol. The van der Waals surface area contributed by atoms with Gasteiger partial charge in [-0.3, -0.25) is 0 Å². The van der Waals surface area contributed by atoms with Crippen LogP contribution in [0.15, 0.2) is 18.2 Å². The lowest BCUT2D eigenvalue weighted by Crippen LogP contribution is -2.24. The highest BCUT2D eigenvalue weighted by atomic mass is 16.5. The number of nitrogens with zero attached hydrogens (tertiary/aromatic N) is 4. The van der Waals surface area contributed by atoms with Crippen molar-refractivity contribution in [3.8, 4) is 11.4 Å². The summed E-state index contributed by atoms with van der Waals surface area (Å²) in [6.07, 6.45) is 3.75. The molecule has 0 amide bonds. The normalized spacial score (nSPS) is 25.4. The molecule has 110 valence electrons. The Morgan fingerprint density at radius 3 is 2.95 bits per heavy atom. The number of tetrazole rings is 1. The summed E-state index contributed by atoms with van der Waals surface area (Å²) >= 11 is 0. The molecule has 2 unspecified atom stereocenters. The standard InChI is InChI=1S/C15H19N5O/c1-9-11(3-2-4-12(9)16)15-17-18-19-20(15)13-7-8-21-14(13)10-5-6-10/h2-4,10,13-14H,5-8,16H2,1H3. The molecule has 0 radical (unpaired) electrons. The zero-order valence-electron chi connectivity index (χ0n) is 12.1. The number of rotatable bonds is 3. The Labute approximate surface area is 123 Å². The molecule has 1 saturated carbocycles. The van der Waals surface area contributed by atoms with E-state index in [1.807, 2.05) is 29.8 Å². The highest BCUT2D eigenvalue weighted by Gasteiger charge is 2.43. The number of hydrogen-bond donors (Lipinski definition) is 1. The maximum Gasteiger partial charge on any atom is 0.182 e. The number of benzene rings is 1. The molecule has 0 spiro atoms. The summed E-state index contributed by atoms with van der Waals surface area (Å²) in [5.74, 6) is 1.47. The van der Waals surface area contributed by atoms with Crippen molar-refractivity contribution in [2.24, 2.45) is 5.92 Å². The summed E-state index contributed by atoms with van der Waals surface area (Å²) in [4.78, 5) is 0. The summed E-state index contributed by atoms with van der Waals surface area (Å²) in [5.41, 5.74) is 8.81. The van der Waals surface area contributed by atoms with Crippen LogP contribution in [-0.4, -0.2) is 32.9 Å². The van der Waals surface area contributed by atoms with E-state index in [2.05, 4.69) is 15.5 Å². The van der Waals surface area contributed by atoms with E-state index in [-0.39, 0.29) is 12.1 Å². The van der Waals surface area contributed by atoms with Gasteiger partial charge in [0.2, 0.25) is 0 Å². The number of hydrogen-bond acceptors (Lipinski definition) is 5. The molecule has 2 heterocycles. The predicted octanol–water partition coefficient (Wildman–Crippen LogP) is 1.97. The van der Waals surface area contributed by atoms with Crippen LogP contribution in [-0.2, 0) is 4.74 Å². The average molecular weight is 285 g/mol. The fraction of sp³-hybridized carbons (Fsp3) is 0.533. The molecule has 2 N–H and O–H groups in total. The molecule has 0 bridgehead atoms. The van der Waals surface area contributed by atoms with E-state index in [1.165, 1.54) is 12.8 Å².